The SMILES string of the molecule is Cc1ccc(-c2ccc3ccc4c(-c5ccc6ccccc6c5)ccc5ccc2c3c54)c(-c2ccccc2)c1. The fourth-order valence-electron chi connectivity index (χ4n) is 6.39. The molecule has 0 aromatic heterocycles. The minimum absolute atomic E-state index is 1.25. The number of fused-ring (bicyclic) bond motifs is 1. The molecular weight excluding hydrogens is 468 g/mol. The van der Waals surface area contributed by atoms with Crippen molar-refractivity contribution >= 4 is 43.1 Å². The summed E-state index contributed by atoms with van der Waals surface area (Å²) in [6.07, 6.45) is 0. The van der Waals surface area contributed by atoms with Crippen LogP contribution in [0.1, 0.15) is 5.56 Å². The maximum absolute atomic E-state index is 2.32. The molecule has 0 atom stereocenters. The highest BCUT2D eigenvalue weighted by atomic mass is 14.2. The second kappa shape index (κ2) is 8.55. The molecule has 0 N–H and O–H groups in total. The molecule has 8 aromatic rings. The molecule has 0 amide bonds. The zero-order valence-electron chi connectivity index (χ0n) is 21.8. The molecule has 0 spiro atoms. The van der Waals surface area contributed by atoms with Crippen LogP contribution in [0.25, 0.3) is 76.5 Å². The smallest absolute Gasteiger partial charge is 0.00203 e. The molecule has 0 bridgehead atoms. The predicted molar refractivity (Wildman–Crippen MR) is 169 cm³/mol. The summed E-state index contributed by atoms with van der Waals surface area (Å²) in [6, 6.07) is 51.5. The molecule has 0 aliphatic carbocycles. The normalized spacial score (nSPS) is 11.7. The van der Waals surface area contributed by atoms with Crippen LogP contribution in [0.4, 0.5) is 0 Å². The number of benzene rings is 8. The summed E-state index contributed by atoms with van der Waals surface area (Å²) in [5, 5.41) is 10.4. The molecule has 0 saturated carbocycles. The maximum Gasteiger partial charge on any atom is -0.00203 e. The topological polar surface area (TPSA) is 0 Å². The van der Waals surface area contributed by atoms with E-state index < -0.39 is 0 Å². The van der Waals surface area contributed by atoms with Gasteiger partial charge in [0, 0.05) is 0 Å². The van der Waals surface area contributed by atoms with Gasteiger partial charge in [0.15, 0.2) is 0 Å². The van der Waals surface area contributed by atoms with Crippen molar-refractivity contribution in [2.24, 2.45) is 0 Å². The van der Waals surface area contributed by atoms with Crippen LogP contribution in [0, 0.1) is 6.92 Å². The number of hydrogen-bond acceptors (Lipinski definition) is 0. The number of hydrogen-bond donors (Lipinski definition) is 0. The molecule has 0 radical (unpaired) electrons. The van der Waals surface area contributed by atoms with E-state index >= 15 is 0 Å². The van der Waals surface area contributed by atoms with Gasteiger partial charge in [-0.1, -0.05) is 139 Å². The predicted octanol–water partition coefficient (Wildman–Crippen LogP) is 11.0. The van der Waals surface area contributed by atoms with Gasteiger partial charge in [0.1, 0.15) is 0 Å². The lowest BCUT2D eigenvalue weighted by Gasteiger charge is -2.18. The summed E-state index contributed by atoms with van der Waals surface area (Å²) < 4.78 is 0. The van der Waals surface area contributed by atoms with Crippen molar-refractivity contribution in [2.45, 2.75) is 6.92 Å². The Hall–Kier alpha value is -4.94. The first-order valence-corrected chi connectivity index (χ1v) is 13.6. The van der Waals surface area contributed by atoms with E-state index in [1.807, 2.05) is 0 Å². The zero-order valence-corrected chi connectivity index (χ0v) is 21.8. The van der Waals surface area contributed by atoms with Gasteiger partial charge in [0.25, 0.3) is 0 Å². The van der Waals surface area contributed by atoms with Crippen LogP contribution in [0.2, 0.25) is 0 Å². The molecule has 39 heavy (non-hydrogen) atoms. The van der Waals surface area contributed by atoms with Crippen LogP contribution in [0.5, 0.6) is 0 Å². The van der Waals surface area contributed by atoms with E-state index in [1.54, 1.807) is 0 Å². The van der Waals surface area contributed by atoms with Gasteiger partial charge < -0.3 is 0 Å². The molecule has 0 nitrogen and oxygen atoms in total. The van der Waals surface area contributed by atoms with Gasteiger partial charge in [-0.05, 0) is 89.5 Å². The maximum atomic E-state index is 2.32. The Balaban J connectivity index is 1.42. The standard InChI is InChI=1S/C39H26/c1-25-11-18-34(37(23-25)27-8-3-2-4-9-27)33-20-15-29-16-21-35-32(19-14-28-17-22-36(33)39(29)38(28)35)31-13-12-26-7-5-6-10-30(26)24-31/h2-24H,1H3. The van der Waals surface area contributed by atoms with Gasteiger partial charge in [-0.3, -0.25) is 0 Å². The van der Waals surface area contributed by atoms with Crippen molar-refractivity contribution in [3.63, 3.8) is 0 Å². The third kappa shape index (κ3) is 3.46. The Kier molecular flexibility index (Phi) is 4.84. The summed E-state index contributed by atoms with van der Waals surface area (Å²) in [7, 11) is 0. The summed E-state index contributed by atoms with van der Waals surface area (Å²) in [4.78, 5) is 0. The minimum atomic E-state index is 1.25. The highest BCUT2D eigenvalue weighted by Crippen LogP contribution is 2.44. The fourth-order valence-corrected chi connectivity index (χ4v) is 6.39. The third-order valence-electron chi connectivity index (χ3n) is 8.28. The molecule has 0 aliphatic rings. The Labute approximate surface area is 228 Å². The molecular formula is C39H26. The highest BCUT2D eigenvalue weighted by Gasteiger charge is 2.17. The average Bonchev–Trinajstić information content (AvgIpc) is 3.00. The number of aryl methyl sites for hydroxylation is 1. The van der Waals surface area contributed by atoms with E-state index in [0.29, 0.717) is 0 Å². The summed E-state index contributed by atoms with van der Waals surface area (Å²) in [6.45, 7) is 2.18. The molecule has 8 aromatic carbocycles. The lowest BCUT2D eigenvalue weighted by Crippen LogP contribution is -1.91. The van der Waals surface area contributed by atoms with Crippen LogP contribution in [0.3, 0.4) is 0 Å². The van der Waals surface area contributed by atoms with Crippen LogP contribution in [-0.4, -0.2) is 0 Å². The van der Waals surface area contributed by atoms with Gasteiger partial charge >= 0.3 is 0 Å². The third-order valence-corrected chi connectivity index (χ3v) is 8.28. The Morgan fingerprint density at radius 3 is 1.69 bits per heavy atom. The quantitative estimate of drug-likeness (QED) is 0.214. The first-order valence-electron chi connectivity index (χ1n) is 13.6. The van der Waals surface area contributed by atoms with Crippen LogP contribution >= 0.6 is 0 Å². The Morgan fingerprint density at radius 1 is 0.333 bits per heavy atom. The van der Waals surface area contributed by atoms with Crippen molar-refractivity contribution in [1.29, 1.82) is 0 Å². The van der Waals surface area contributed by atoms with E-state index in [0.717, 1.165) is 0 Å². The van der Waals surface area contributed by atoms with Crippen LogP contribution in [0.15, 0.2) is 140 Å². The largest absolute Gasteiger partial charge is 0.0622 e. The Bertz CT molecular complexity index is 2170. The summed E-state index contributed by atoms with van der Waals surface area (Å²) in [5.74, 6) is 0. The van der Waals surface area contributed by atoms with E-state index in [1.165, 1.54) is 82.0 Å². The molecule has 0 aliphatic heterocycles. The highest BCUT2D eigenvalue weighted by molar-refractivity contribution is 6.28. The lowest BCUT2D eigenvalue weighted by atomic mass is 9.85. The van der Waals surface area contributed by atoms with Gasteiger partial charge in [-0.25, -0.2) is 0 Å². The van der Waals surface area contributed by atoms with Crippen molar-refractivity contribution in [1.82, 2.24) is 0 Å². The van der Waals surface area contributed by atoms with Gasteiger partial charge in [-0.15, -0.1) is 0 Å². The van der Waals surface area contributed by atoms with Gasteiger partial charge in [-0.2, -0.15) is 0 Å². The lowest BCUT2D eigenvalue weighted by molar-refractivity contribution is 1.46. The monoisotopic (exact) mass is 494 g/mol. The van der Waals surface area contributed by atoms with E-state index in [2.05, 4.69) is 146 Å². The molecule has 0 heterocycles. The van der Waals surface area contributed by atoms with E-state index in [-0.39, 0.29) is 0 Å². The molecule has 0 fully saturated rings. The zero-order chi connectivity index (χ0) is 25.9. The van der Waals surface area contributed by atoms with E-state index in [4.69, 9.17) is 0 Å². The fraction of sp³-hybridized carbons (Fsp3) is 0.0256. The molecule has 182 valence electrons. The van der Waals surface area contributed by atoms with Crippen LogP contribution < -0.4 is 0 Å². The Morgan fingerprint density at radius 2 is 0.923 bits per heavy atom. The number of rotatable bonds is 3. The van der Waals surface area contributed by atoms with Crippen LogP contribution in [-0.2, 0) is 0 Å². The van der Waals surface area contributed by atoms with Crippen molar-refractivity contribution < 1.29 is 0 Å². The summed E-state index contributed by atoms with van der Waals surface area (Å²) in [5.41, 5.74) is 8.91. The van der Waals surface area contributed by atoms with Crippen molar-refractivity contribution in [3.8, 4) is 33.4 Å². The summed E-state index contributed by atoms with van der Waals surface area (Å²) >= 11 is 0. The molecule has 0 unspecified atom stereocenters. The molecule has 0 heteroatoms. The van der Waals surface area contributed by atoms with Crippen molar-refractivity contribution in [2.75, 3.05) is 0 Å². The molecule has 8 rings (SSSR count). The first-order chi connectivity index (χ1) is 19.2. The van der Waals surface area contributed by atoms with Crippen molar-refractivity contribution in [3.05, 3.63) is 145 Å². The minimum Gasteiger partial charge on any atom is -0.0622 e. The first kappa shape index (κ1) is 22.1. The second-order valence-corrected chi connectivity index (χ2v) is 10.6. The second-order valence-electron chi connectivity index (χ2n) is 10.6. The average molecular weight is 495 g/mol. The van der Waals surface area contributed by atoms with E-state index in [9.17, 15) is 0 Å². The van der Waals surface area contributed by atoms with Gasteiger partial charge in [0.05, 0.1) is 0 Å². The molecule has 0 saturated heterocycles. The van der Waals surface area contributed by atoms with Gasteiger partial charge in [0.2, 0.25) is 0 Å².